The van der Waals surface area contributed by atoms with Crippen molar-refractivity contribution < 1.29 is 14.3 Å². The Morgan fingerprint density at radius 3 is 2.60 bits per heavy atom. The Labute approximate surface area is 148 Å². The largest absolute Gasteiger partial charge is 0.372 e. The predicted octanol–water partition coefficient (Wildman–Crippen LogP) is 1.05. The molecule has 2 saturated heterocycles. The van der Waals surface area contributed by atoms with Crippen molar-refractivity contribution in [2.45, 2.75) is 45.4 Å². The number of hydrogen-bond acceptors (Lipinski definition) is 5. The van der Waals surface area contributed by atoms with Crippen LogP contribution in [0.25, 0.3) is 0 Å². The number of hydrogen-bond donors (Lipinski definition) is 1. The maximum atomic E-state index is 12.8. The van der Waals surface area contributed by atoms with E-state index in [9.17, 15) is 9.59 Å². The van der Waals surface area contributed by atoms with Gasteiger partial charge in [-0.25, -0.2) is 4.98 Å². The summed E-state index contributed by atoms with van der Waals surface area (Å²) in [7, 11) is 0. The van der Waals surface area contributed by atoms with Crippen LogP contribution in [0.2, 0.25) is 0 Å². The van der Waals surface area contributed by atoms with Gasteiger partial charge in [-0.05, 0) is 39.3 Å². The van der Waals surface area contributed by atoms with Gasteiger partial charge in [-0.1, -0.05) is 0 Å². The highest BCUT2D eigenvalue weighted by Gasteiger charge is 2.29. The summed E-state index contributed by atoms with van der Waals surface area (Å²) in [6, 6.07) is 3.21. The number of pyridine rings is 1. The predicted molar refractivity (Wildman–Crippen MR) is 94.6 cm³/mol. The molecule has 0 unspecified atom stereocenters. The summed E-state index contributed by atoms with van der Waals surface area (Å²) in [5.74, 6) is 0.597. The van der Waals surface area contributed by atoms with Gasteiger partial charge in [-0.3, -0.25) is 9.59 Å². The minimum atomic E-state index is -0.462. The molecule has 0 radical (unpaired) electrons. The lowest BCUT2D eigenvalue weighted by molar-refractivity contribution is -0.124. The molecular weight excluding hydrogens is 320 g/mol. The van der Waals surface area contributed by atoms with E-state index in [1.807, 2.05) is 19.9 Å². The van der Waals surface area contributed by atoms with Gasteiger partial charge >= 0.3 is 0 Å². The lowest BCUT2D eigenvalue weighted by Gasteiger charge is -2.36. The quantitative estimate of drug-likeness (QED) is 0.866. The summed E-state index contributed by atoms with van der Waals surface area (Å²) in [5.41, 5.74) is 0.514. The van der Waals surface area contributed by atoms with E-state index in [0.29, 0.717) is 18.7 Å². The van der Waals surface area contributed by atoms with E-state index in [1.165, 1.54) is 0 Å². The van der Waals surface area contributed by atoms with Crippen molar-refractivity contribution in [3.05, 3.63) is 23.9 Å². The van der Waals surface area contributed by atoms with Gasteiger partial charge in [-0.15, -0.1) is 0 Å². The summed E-state index contributed by atoms with van der Waals surface area (Å²) in [5, 5.41) is 2.82. The Balaban J connectivity index is 1.73. The molecule has 0 aliphatic carbocycles. The Morgan fingerprint density at radius 1 is 1.24 bits per heavy atom. The van der Waals surface area contributed by atoms with Gasteiger partial charge in [0.25, 0.3) is 5.91 Å². The van der Waals surface area contributed by atoms with Crippen molar-refractivity contribution in [3.8, 4) is 0 Å². The van der Waals surface area contributed by atoms with Gasteiger partial charge in [0.2, 0.25) is 5.91 Å². The van der Waals surface area contributed by atoms with Crippen molar-refractivity contribution in [1.29, 1.82) is 0 Å². The molecule has 2 fully saturated rings. The lowest BCUT2D eigenvalue weighted by atomic mass is 10.2. The molecule has 2 aliphatic rings. The third kappa shape index (κ3) is 3.92. The molecule has 1 aromatic heterocycles. The first kappa shape index (κ1) is 17.7. The Morgan fingerprint density at radius 2 is 1.96 bits per heavy atom. The highest BCUT2D eigenvalue weighted by Crippen LogP contribution is 2.19. The highest BCUT2D eigenvalue weighted by molar-refractivity contribution is 5.97. The van der Waals surface area contributed by atoms with Crippen LogP contribution >= 0.6 is 0 Å². The Hall–Kier alpha value is -2.15. The van der Waals surface area contributed by atoms with E-state index in [0.717, 1.165) is 25.3 Å². The summed E-state index contributed by atoms with van der Waals surface area (Å²) >= 11 is 0. The van der Waals surface area contributed by atoms with Crippen LogP contribution in [-0.2, 0) is 9.53 Å². The number of aromatic nitrogens is 1. The van der Waals surface area contributed by atoms with Crippen molar-refractivity contribution in [2.75, 3.05) is 31.1 Å². The SMILES string of the molecule is C[C@@H]1CN(c2ccc(C(=O)N3CCCNC(=O)[C@H]3C)cn2)C[C@H](C)O1. The molecule has 2 aliphatic heterocycles. The second-order valence-electron chi connectivity index (χ2n) is 6.89. The smallest absolute Gasteiger partial charge is 0.256 e. The first-order valence-electron chi connectivity index (χ1n) is 8.91. The van der Waals surface area contributed by atoms with Gasteiger partial charge in [0.05, 0.1) is 17.8 Å². The number of morpholine rings is 1. The molecule has 136 valence electrons. The van der Waals surface area contributed by atoms with E-state index in [1.54, 1.807) is 24.1 Å². The lowest BCUT2D eigenvalue weighted by Crippen LogP contribution is -2.46. The fraction of sp³-hybridized carbons (Fsp3) is 0.611. The maximum absolute atomic E-state index is 12.8. The summed E-state index contributed by atoms with van der Waals surface area (Å²) in [4.78, 5) is 33.0. The van der Waals surface area contributed by atoms with Crippen LogP contribution in [0.15, 0.2) is 18.3 Å². The van der Waals surface area contributed by atoms with Gasteiger partial charge < -0.3 is 19.9 Å². The first-order chi connectivity index (χ1) is 12.0. The molecule has 0 saturated carbocycles. The van der Waals surface area contributed by atoms with E-state index >= 15 is 0 Å². The van der Waals surface area contributed by atoms with Gasteiger partial charge in [0.15, 0.2) is 0 Å². The topological polar surface area (TPSA) is 74.8 Å². The van der Waals surface area contributed by atoms with Crippen LogP contribution in [0, 0.1) is 0 Å². The van der Waals surface area contributed by atoms with Crippen LogP contribution in [0.3, 0.4) is 0 Å². The van der Waals surface area contributed by atoms with Gasteiger partial charge in [0.1, 0.15) is 11.9 Å². The monoisotopic (exact) mass is 346 g/mol. The second-order valence-corrected chi connectivity index (χ2v) is 6.89. The molecule has 0 bridgehead atoms. The molecule has 1 aromatic rings. The number of nitrogens with zero attached hydrogens (tertiary/aromatic N) is 3. The van der Waals surface area contributed by atoms with Crippen LogP contribution < -0.4 is 10.2 Å². The molecule has 3 heterocycles. The third-order valence-electron chi connectivity index (χ3n) is 4.72. The van der Waals surface area contributed by atoms with Crippen LogP contribution in [0.5, 0.6) is 0 Å². The number of anilines is 1. The molecule has 7 nitrogen and oxygen atoms in total. The molecule has 3 rings (SSSR count). The van der Waals surface area contributed by atoms with E-state index in [2.05, 4.69) is 15.2 Å². The van der Waals surface area contributed by atoms with E-state index in [4.69, 9.17) is 4.74 Å². The summed E-state index contributed by atoms with van der Waals surface area (Å²) in [6.45, 7) is 8.61. The molecule has 25 heavy (non-hydrogen) atoms. The van der Waals surface area contributed by atoms with E-state index in [-0.39, 0.29) is 24.0 Å². The standard InChI is InChI=1S/C18H26N4O3/c1-12-10-21(11-13(2)25-12)16-6-5-15(9-20-16)18(24)22-8-4-7-19-17(23)14(22)3/h5-6,9,12-14H,4,7-8,10-11H2,1-3H3,(H,19,23)/t12-,13+,14-/m1/s1. The molecule has 3 atom stereocenters. The number of carbonyl (C=O) groups is 2. The zero-order valence-electron chi connectivity index (χ0n) is 15.1. The number of carbonyl (C=O) groups excluding carboxylic acids is 2. The Kier molecular flexibility index (Phi) is 5.22. The normalized spacial score (nSPS) is 27.6. The summed E-state index contributed by atoms with van der Waals surface area (Å²) < 4.78 is 5.74. The third-order valence-corrected chi connectivity index (χ3v) is 4.72. The average Bonchev–Trinajstić information content (AvgIpc) is 2.75. The first-order valence-corrected chi connectivity index (χ1v) is 8.91. The zero-order chi connectivity index (χ0) is 18.0. The molecule has 7 heteroatoms. The molecule has 2 amide bonds. The van der Waals surface area contributed by atoms with E-state index < -0.39 is 6.04 Å². The average molecular weight is 346 g/mol. The molecule has 0 aromatic carbocycles. The number of rotatable bonds is 2. The zero-order valence-corrected chi connectivity index (χ0v) is 15.1. The van der Waals surface area contributed by atoms with Crippen molar-refractivity contribution >= 4 is 17.6 Å². The maximum Gasteiger partial charge on any atom is 0.256 e. The van der Waals surface area contributed by atoms with Crippen molar-refractivity contribution in [2.24, 2.45) is 0 Å². The van der Waals surface area contributed by atoms with Crippen molar-refractivity contribution in [3.63, 3.8) is 0 Å². The number of nitrogens with one attached hydrogen (secondary N) is 1. The van der Waals surface area contributed by atoms with Crippen LogP contribution in [0.4, 0.5) is 5.82 Å². The Bertz CT molecular complexity index is 624. The van der Waals surface area contributed by atoms with Gasteiger partial charge in [0, 0.05) is 32.4 Å². The fourth-order valence-corrected chi connectivity index (χ4v) is 3.45. The van der Waals surface area contributed by atoms with Gasteiger partial charge in [-0.2, -0.15) is 0 Å². The highest BCUT2D eigenvalue weighted by atomic mass is 16.5. The number of amides is 2. The number of ether oxygens (including phenoxy) is 1. The molecular formula is C18H26N4O3. The van der Waals surface area contributed by atoms with Crippen LogP contribution in [0.1, 0.15) is 37.6 Å². The molecule has 0 spiro atoms. The molecule has 1 N–H and O–H groups in total. The van der Waals surface area contributed by atoms with Crippen LogP contribution in [-0.4, -0.2) is 66.1 Å². The summed E-state index contributed by atoms with van der Waals surface area (Å²) in [6.07, 6.45) is 2.68. The fourth-order valence-electron chi connectivity index (χ4n) is 3.45. The minimum Gasteiger partial charge on any atom is -0.372 e. The minimum absolute atomic E-state index is 0.105. The van der Waals surface area contributed by atoms with Crippen molar-refractivity contribution in [1.82, 2.24) is 15.2 Å². The second kappa shape index (κ2) is 7.39.